The molecule has 0 saturated carbocycles. The van der Waals surface area contributed by atoms with Crippen molar-refractivity contribution < 1.29 is 13.9 Å². The summed E-state index contributed by atoms with van der Waals surface area (Å²) in [6, 6.07) is 3.31. The Morgan fingerprint density at radius 1 is 1.60 bits per heavy atom. The van der Waals surface area contributed by atoms with Gasteiger partial charge in [0.05, 0.1) is 11.9 Å². The van der Waals surface area contributed by atoms with E-state index in [9.17, 15) is 4.79 Å². The third-order valence-electron chi connectivity index (χ3n) is 1.95. The monoisotopic (exact) mass is 211 g/mol. The lowest BCUT2D eigenvalue weighted by atomic mass is 10.1. The van der Waals surface area contributed by atoms with Gasteiger partial charge in [-0.15, -0.1) is 0 Å². The first-order chi connectivity index (χ1) is 7.05. The van der Waals surface area contributed by atoms with Crippen molar-refractivity contribution in [1.82, 2.24) is 5.32 Å². The molecule has 1 heterocycles. The summed E-state index contributed by atoms with van der Waals surface area (Å²) in [7, 11) is 0. The maximum atomic E-state index is 11.5. The molecular formula is C11H17NO3. The lowest BCUT2D eigenvalue weighted by Gasteiger charge is -2.24. The van der Waals surface area contributed by atoms with Crippen molar-refractivity contribution in [3.63, 3.8) is 0 Å². The molecule has 0 atom stereocenters. The molecular weight excluding hydrogens is 194 g/mol. The standard InChI is InChI=1S/C11H17NO3/c1-4-15-11(2,3)8-12-10(13)9-6-5-7-14-9/h5-7H,4,8H2,1-3H3,(H,12,13). The Balaban J connectivity index is 2.40. The lowest BCUT2D eigenvalue weighted by Crippen LogP contribution is -2.40. The van der Waals surface area contributed by atoms with Gasteiger partial charge in [-0.05, 0) is 32.9 Å². The lowest BCUT2D eigenvalue weighted by molar-refractivity contribution is -0.00830. The van der Waals surface area contributed by atoms with Crippen molar-refractivity contribution in [2.45, 2.75) is 26.4 Å². The van der Waals surface area contributed by atoms with Crippen LogP contribution in [0.3, 0.4) is 0 Å². The van der Waals surface area contributed by atoms with Crippen molar-refractivity contribution >= 4 is 5.91 Å². The van der Waals surface area contributed by atoms with Crippen LogP contribution in [0.15, 0.2) is 22.8 Å². The third kappa shape index (κ3) is 3.75. The average molecular weight is 211 g/mol. The summed E-state index contributed by atoms with van der Waals surface area (Å²) in [5, 5.41) is 2.75. The van der Waals surface area contributed by atoms with Crippen LogP contribution in [-0.4, -0.2) is 24.7 Å². The largest absolute Gasteiger partial charge is 0.459 e. The SMILES string of the molecule is CCOC(C)(C)CNC(=O)c1ccco1. The van der Waals surface area contributed by atoms with Gasteiger partial charge in [0.15, 0.2) is 5.76 Å². The molecule has 0 saturated heterocycles. The van der Waals surface area contributed by atoms with Gasteiger partial charge < -0.3 is 14.5 Å². The molecule has 4 heteroatoms. The highest BCUT2D eigenvalue weighted by molar-refractivity contribution is 5.91. The van der Waals surface area contributed by atoms with Crippen molar-refractivity contribution in [2.75, 3.05) is 13.2 Å². The fourth-order valence-corrected chi connectivity index (χ4v) is 1.23. The summed E-state index contributed by atoms with van der Waals surface area (Å²) in [6.07, 6.45) is 1.47. The molecule has 0 fully saturated rings. The van der Waals surface area contributed by atoms with Gasteiger partial charge in [-0.2, -0.15) is 0 Å². The van der Waals surface area contributed by atoms with Crippen molar-refractivity contribution in [3.05, 3.63) is 24.2 Å². The summed E-state index contributed by atoms with van der Waals surface area (Å²) < 4.78 is 10.4. The van der Waals surface area contributed by atoms with E-state index in [4.69, 9.17) is 9.15 Å². The van der Waals surface area contributed by atoms with Crippen LogP contribution in [0.1, 0.15) is 31.3 Å². The number of rotatable bonds is 5. The van der Waals surface area contributed by atoms with Gasteiger partial charge in [0.25, 0.3) is 5.91 Å². The number of hydrogen-bond acceptors (Lipinski definition) is 3. The van der Waals surface area contributed by atoms with Crippen molar-refractivity contribution in [3.8, 4) is 0 Å². The Kier molecular flexibility index (Phi) is 3.91. The zero-order chi connectivity index (χ0) is 11.3. The number of amides is 1. The Morgan fingerprint density at radius 2 is 2.33 bits per heavy atom. The van der Waals surface area contributed by atoms with E-state index in [2.05, 4.69) is 5.32 Å². The molecule has 1 aromatic heterocycles. The first kappa shape index (κ1) is 11.8. The normalized spacial score (nSPS) is 11.4. The topological polar surface area (TPSA) is 51.5 Å². The fourth-order valence-electron chi connectivity index (χ4n) is 1.23. The second kappa shape index (κ2) is 4.98. The van der Waals surface area contributed by atoms with Gasteiger partial charge >= 0.3 is 0 Å². The number of nitrogens with one attached hydrogen (secondary N) is 1. The molecule has 0 aliphatic heterocycles. The highest BCUT2D eigenvalue weighted by Gasteiger charge is 2.19. The summed E-state index contributed by atoms with van der Waals surface area (Å²) in [5.74, 6) is 0.107. The predicted octanol–water partition coefficient (Wildman–Crippen LogP) is 1.82. The van der Waals surface area contributed by atoms with Crippen LogP contribution >= 0.6 is 0 Å². The molecule has 0 aliphatic carbocycles. The first-order valence-electron chi connectivity index (χ1n) is 5.01. The number of ether oxygens (including phenoxy) is 1. The maximum absolute atomic E-state index is 11.5. The molecule has 0 bridgehead atoms. The van der Waals surface area contributed by atoms with Gasteiger partial charge in [-0.3, -0.25) is 4.79 Å². The van der Waals surface area contributed by atoms with Gasteiger partial charge in [0.2, 0.25) is 0 Å². The second-order valence-electron chi connectivity index (χ2n) is 3.85. The van der Waals surface area contributed by atoms with Crippen molar-refractivity contribution in [1.29, 1.82) is 0 Å². The van der Waals surface area contributed by atoms with E-state index in [-0.39, 0.29) is 11.5 Å². The highest BCUT2D eigenvalue weighted by Crippen LogP contribution is 2.07. The van der Waals surface area contributed by atoms with Gasteiger partial charge in [-0.1, -0.05) is 0 Å². The second-order valence-corrected chi connectivity index (χ2v) is 3.85. The van der Waals surface area contributed by atoms with E-state index >= 15 is 0 Å². The molecule has 0 unspecified atom stereocenters. The minimum Gasteiger partial charge on any atom is -0.459 e. The molecule has 0 spiro atoms. The number of furan rings is 1. The molecule has 0 aliphatic rings. The summed E-state index contributed by atoms with van der Waals surface area (Å²) in [6.45, 7) is 6.87. The maximum Gasteiger partial charge on any atom is 0.287 e. The number of carbonyl (C=O) groups excluding carboxylic acids is 1. The van der Waals surface area contributed by atoms with Crippen LogP contribution < -0.4 is 5.32 Å². The molecule has 0 radical (unpaired) electrons. The number of hydrogen-bond donors (Lipinski definition) is 1. The first-order valence-corrected chi connectivity index (χ1v) is 5.01. The Labute approximate surface area is 89.6 Å². The van der Waals surface area contributed by atoms with E-state index in [0.717, 1.165) is 0 Å². The minimum atomic E-state index is -0.350. The molecule has 0 aromatic carbocycles. The van der Waals surface area contributed by atoms with Crippen LogP contribution in [0.2, 0.25) is 0 Å². The summed E-state index contributed by atoms with van der Waals surface area (Å²) >= 11 is 0. The van der Waals surface area contributed by atoms with Gasteiger partial charge in [-0.25, -0.2) is 0 Å². The smallest absolute Gasteiger partial charge is 0.287 e. The van der Waals surface area contributed by atoms with E-state index in [1.54, 1.807) is 12.1 Å². The molecule has 1 aromatic rings. The Bertz CT molecular complexity index is 304. The zero-order valence-electron chi connectivity index (χ0n) is 9.37. The minimum absolute atomic E-state index is 0.215. The number of carbonyl (C=O) groups is 1. The van der Waals surface area contributed by atoms with Gasteiger partial charge in [0, 0.05) is 13.2 Å². The summed E-state index contributed by atoms with van der Waals surface area (Å²) in [4.78, 5) is 11.5. The third-order valence-corrected chi connectivity index (χ3v) is 1.95. The van der Waals surface area contributed by atoms with Crippen molar-refractivity contribution in [2.24, 2.45) is 0 Å². The van der Waals surface area contributed by atoms with Gasteiger partial charge in [0.1, 0.15) is 0 Å². The highest BCUT2D eigenvalue weighted by atomic mass is 16.5. The van der Waals surface area contributed by atoms with E-state index < -0.39 is 0 Å². The van der Waals surface area contributed by atoms with Crippen LogP contribution in [0.25, 0.3) is 0 Å². The molecule has 1 amide bonds. The molecule has 1 N–H and O–H groups in total. The molecule has 15 heavy (non-hydrogen) atoms. The van der Waals surface area contributed by atoms with Crippen LogP contribution in [-0.2, 0) is 4.74 Å². The zero-order valence-corrected chi connectivity index (χ0v) is 9.37. The van der Waals surface area contributed by atoms with E-state index in [0.29, 0.717) is 18.9 Å². The fraction of sp³-hybridized carbons (Fsp3) is 0.545. The average Bonchev–Trinajstić information content (AvgIpc) is 2.67. The van der Waals surface area contributed by atoms with Crippen LogP contribution in [0.4, 0.5) is 0 Å². The van der Waals surface area contributed by atoms with Crippen LogP contribution in [0.5, 0.6) is 0 Å². The quantitative estimate of drug-likeness (QED) is 0.808. The Morgan fingerprint density at radius 3 is 2.87 bits per heavy atom. The molecule has 4 nitrogen and oxygen atoms in total. The molecule has 84 valence electrons. The molecule has 1 rings (SSSR count). The van der Waals surface area contributed by atoms with E-state index in [1.165, 1.54) is 6.26 Å². The predicted molar refractivity (Wildman–Crippen MR) is 56.7 cm³/mol. The van der Waals surface area contributed by atoms with Crippen LogP contribution in [0, 0.1) is 0 Å². The Hall–Kier alpha value is -1.29. The van der Waals surface area contributed by atoms with E-state index in [1.807, 2.05) is 20.8 Å². The summed E-state index contributed by atoms with van der Waals surface area (Å²) in [5.41, 5.74) is -0.350.